The van der Waals surface area contributed by atoms with Gasteiger partial charge < -0.3 is 5.32 Å². The summed E-state index contributed by atoms with van der Waals surface area (Å²) in [5, 5.41) is 3.61. The van der Waals surface area contributed by atoms with Crippen LogP contribution in [0.3, 0.4) is 0 Å². The maximum atomic E-state index is 5.87. The van der Waals surface area contributed by atoms with Gasteiger partial charge in [-0.1, -0.05) is 11.6 Å². The normalized spacial score (nSPS) is 10.9. The van der Waals surface area contributed by atoms with Crippen molar-refractivity contribution in [3.63, 3.8) is 0 Å². The van der Waals surface area contributed by atoms with Crippen molar-refractivity contribution < 1.29 is 0 Å². The van der Waals surface area contributed by atoms with E-state index in [1.807, 2.05) is 26.2 Å². The van der Waals surface area contributed by atoms with E-state index in [0.29, 0.717) is 5.15 Å². The van der Waals surface area contributed by atoms with Crippen LogP contribution in [0.25, 0.3) is 11.0 Å². The molecule has 0 unspecified atom stereocenters. The van der Waals surface area contributed by atoms with Crippen LogP contribution in [0.4, 0.5) is 0 Å². The fourth-order valence-electron chi connectivity index (χ4n) is 1.57. The van der Waals surface area contributed by atoms with Gasteiger partial charge in [0.2, 0.25) is 0 Å². The molecule has 0 aliphatic carbocycles. The molecule has 4 heteroatoms. The molecular formula is C11H12ClN3. The lowest BCUT2D eigenvalue weighted by molar-refractivity contribution is 0.809. The minimum Gasteiger partial charge on any atom is -0.316 e. The van der Waals surface area contributed by atoms with Crippen LogP contribution in [0.2, 0.25) is 5.15 Å². The fraction of sp³-hybridized carbons (Fsp3) is 0.273. The molecule has 0 atom stereocenters. The Balaban J connectivity index is 2.65. The van der Waals surface area contributed by atoms with E-state index in [9.17, 15) is 0 Å². The van der Waals surface area contributed by atoms with Gasteiger partial charge in [0.1, 0.15) is 5.15 Å². The van der Waals surface area contributed by atoms with E-state index in [2.05, 4.69) is 15.3 Å². The number of rotatable bonds is 2. The van der Waals surface area contributed by atoms with Gasteiger partial charge in [0, 0.05) is 12.7 Å². The standard InChI is InChI=1S/C11H12ClN3/c1-7-8(5-13-2)6-14-9-3-4-10(12)15-11(7)9/h3-4,6,13H,5H2,1-2H3. The van der Waals surface area contributed by atoms with Gasteiger partial charge in [-0.05, 0) is 37.2 Å². The molecular weight excluding hydrogens is 210 g/mol. The molecule has 0 spiro atoms. The zero-order chi connectivity index (χ0) is 10.8. The Hall–Kier alpha value is -1.19. The SMILES string of the molecule is CNCc1cnc2ccc(Cl)nc2c1C. The monoisotopic (exact) mass is 221 g/mol. The number of halogens is 1. The van der Waals surface area contributed by atoms with Crippen LogP contribution in [0.1, 0.15) is 11.1 Å². The van der Waals surface area contributed by atoms with E-state index in [1.54, 1.807) is 6.07 Å². The Morgan fingerprint density at radius 2 is 2.20 bits per heavy atom. The van der Waals surface area contributed by atoms with E-state index in [0.717, 1.165) is 28.7 Å². The number of hydrogen-bond donors (Lipinski definition) is 1. The maximum absolute atomic E-state index is 5.87. The first-order chi connectivity index (χ1) is 7.22. The molecule has 15 heavy (non-hydrogen) atoms. The van der Waals surface area contributed by atoms with Crippen LogP contribution in [-0.2, 0) is 6.54 Å². The highest BCUT2D eigenvalue weighted by Crippen LogP contribution is 2.19. The second kappa shape index (κ2) is 4.13. The van der Waals surface area contributed by atoms with Crippen LogP contribution in [-0.4, -0.2) is 17.0 Å². The molecule has 78 valence electrons. The highest BCUT2D eigenvalue weighted by molar-refractivity contribution is 6.29. The van der Waals surface area contributed by atoms with E-state index in [4.69, 9.17) is 11.6 Å². The second-order valence-electron chi connectivity index (χ2n) is 3.44. The number of nitrogens with one attached hydrogen (secondary N) is 1. The van der Waals surface area contributed by atoms with Crippen molar-refractivity contribution >= 4 is 22.6 Å². The molecule has 2 heterocycles. The minimum atomic E-state index is 0.508. The Bertz CT molecular complexity index is 496. The molecule has 2 rings (SSSR count). The molecule has 2 aromatic heterocycles. The van der Waals surface area contributed by atoms with Gasteiger partial charge in [0.15, 0.2) is 0 Å². The molecule has 0 aliphatic heterocycles. The summed E-state index contributed by atoms with van der Waals surface area (Å²) in [4.78, 5) is 8.63. The lowest BCUT2D eigenvalue weighted by Gasteiger charge is -2.07. The van der Waals surface area contributed by atoms with Crippen LogP contribution in [0.15, 0.2) is 18.3 Å². The number of nitrogens with zero attached hydrogens (tertiary/aromatic N) is 2. The summed E-state index contributed by atoms with van der Waals surface area (Å²) in [6.45, 7) is 2.84. The third-order valence-corrected chi connectivity index (χ3v) is 2.61. The first-order valence-corrected chi connectivity index (χ1v) is 5.15. The van der Waals surface area contributed by atoms with Gasteiger partial charge in [0.05, 0.1) is 11.0 Å². The van der Waals surface area contributed by atoms with Crippen molar-refractivity contribution in [1.82, 2.24) is 15.3 Å². The van der Waals surface area contributed by atoms with Crippen molar-refractivity contribution in [3.05, 3.63) is 34.6 Å². The molecule has 0 aromatic carbocycles. The minimum absolute atomic E-state index is 0.508. The third kappa shape index (κ3) is 1.94. The van der Waals surface area contributed by atoms with Gasteiger partial charge >= 0.3 is 0 Å². The third-order valence-electron chi connectivity index (χ3n) is 2.40. The molecule has 0 saturated heterocycles. The number of fused-ring (bicyclic) bond motifs is 1. The summed E-state index contributed by atoms with van der Waals surface area (Å²) in [6.07, 6.45) is 1.88. The van der Waals surface area contributed by atoms with E-state index >= 15 is 0 Å². The van der Waals surface area contributed by atoms with E-state index in [-0.39, 0.29) is 0 Å². The second-order valence-corrected chi connectivity index (χ2v) is 3.83. The first-order valence-electron chi connectivity index (χ1n) is 4.77. The molecule has 2 aromatic rings. The van der Waals surface area contributed by atoms with Crippen molar-refractivity contribution in [2.75, 3.05) is 7.05 Å². The summed E-state index contributed by atoms with van der Waals surface area (Å²) in [7, 11) is 1.91. The van der Waals surface area contributed by atoms with E-state index < -0.39 is 0 Å². The molecule has 1 N–H and O–H groups in total. The summed E-state index contributed by atoms with van der Waals surface area (Å²) < 4.78 is 0. The molecule has 0 saturated carbocycles. The van der Waals surface area contributed by atoms with Crippen molar-refractivity contribution in [1.29, 1.82) is 0 Å². The average molecular weight is 222 g/mol. The topological polar surface area (TPSA) is 37.8 Å². The molecule has 0 radical (unpaired) electrons. The summed E-state index contributed by atoms with van der Waals surface area (Å²) in [5.74, 6) is 0. The number of aromatic nitrogens is 2. The summed E-state index contributed by atoms with van der Waals surface area (Å²) in [6, 6.07) is 3.65. The van der Waals surface area contributed by atoms with Crippen molar-refractivity contribution in [3.8, 4) is 0 Å². The van der Waals surface area contributed by atoms with Crippen LogP contribution in [0.5, 0.6) is 0 Å². The number of hydrogen-bond acceptors (Lipinski definition) is 3. The Morgan fingerprint density at radius 3 is 2.93 bits per heavy atom. The smallest absolute Gasteiger partial charge is 0.129 e. The van der Waals surface area contributed by atoms with Crippen LogP contribution in [0, 0.1) is 6.92 Å². The zero-order valence-electron chi connectivity index (χ0n) is 8.71. The first kappa shape index (κ1) is 10.3. The zero-order valence-corrected chi connectivity index (χ0v) is 9.47. The highest BCUT2D eigenvalue weighted by atomic mass is 35.5. The highest BCUT2D eigenvalue weighted by Gasteiger charge is 2.05. The molecule has 0 fully saturated rings. The largest absolute Gasteiger partial charge is 0.316 e. The Kier molecular flexibility index (Phi) is 2.84. The number of aryl methyl sites for hydroxylation is 1. The van der Waals surface area contributed by atoms with Gasteiger partial charge in [-0.15, -0.1) is 0 Å². The predicted octanol–water partition coefficient (Wildman–Crippen LogP) is 2.31. The van der Waals surface area contributed by atoms with Gasteiger partial charge in [-0.25, -0.2) is 4.98 Å². The van der Waals surface area contributed by atoms with Crippen LogP contribution < -0.4 is 5.32 Å². The molecule has 0 bridgehead atoms. The lowest BCUT2D eigenvalue weighted by atomic mass is 10.1. The Morgan fingerprint density at radius 1 is 1.40 bits per heavy atom. The van der Waals surface area contributed by atoms with Crippen LogP contribution >= 0.6 is 11.6 Å². The van der Waals surface area contributed by atoms with Crippen molar-refractivity contribution in [2.24, 2.45) is 0 Å². The average Bonchev–Trinajstić information content (AvgIpc) is 2.23. The quantitative estimate of drug-likeness (QED) is 0.791. The van der Waals surface area contributed by atoms with Gasteiger partial charge in [-0.3, -0.25) is 4.98 Å². The van der Waals surface area contributed by atoms with E-state index in [1.165, 1.54) is 0 Å². The summed E-state index contributed by atoms with van der Waals surface area (Å²) in [5.41, 5.74) is 4.06. The molecule has 0 amide bonds. The number of pyridine rings is 2. The van der Waals surface area contributed by atoms with Gasteiger partial charge in [-0.2, -0.15) is 0 Å². The lowest BCUT2D eigenvalue weighted by Crippen LogP contribution is -2.07. The van der Waals surface area contributed by atoms with Gasteiger partial charge in [0.25, 0.3) is 0 Å². The Labute approximate surface area is 93.5 Å². The van der Waals surface area contributed by atoms with Crippen molar-refractivity contribution in [2.45, 2.75) is 13.5 Å². The predicted molar refractivity (Wildman–Crippen MR) is 62.0 cm³/mol. The maximum Gasteiger partial charge on any atom is 0.129 e. The summed E-state index contributed by atoms with van der Waals surface area (Å²) >= 11 is 5.87. The molecule has 3 nitrogen and oxygen atoms in total. The fourth-order valence-corrected chi connectivity index (χ4v) is 1.72. The molecule has 0 aliphatic rings.